The zero-order chi connectivity index (χ0) is 9.90. The molecular formula is C8H10F3NO. The number of hydrogen-bond donors (Lipinski definition) is 1. The zero-order valence-electron chi connectivity index (χ0n) is 6.84. The molecule has 2 nitrogen and oxygen atoms in total. The first-order valence-corrected chi connectivity index (χ1v) is 3.85. The van der Waals surface area contributed by atoms with Crippen molar-refractivity contribution in [2.75, 3.05) is 0 Å². The Morgan fingerprint density at radius 2 is 2.15 bits per heavy atom. The van der Waals surface area contributed by atoms with Crippen LogP contribution in [-0.4, -0.2) is 6.18 Å². The molecule has 1 rings (SSSR count). The third-order valence-electron chi connectivity index (χ3n) is 1.65. The highest BCUT2D eigenvalue weighted by Gasteiger charge is 2.28. The standard InChI is InChI=1S/C8H10F3NO/c9-8(10,11)4-3-6(12)7-2-1-5-13-7/h1-2,5-6H,3-4,12H2/t6-/m1/s1. The summed E-state index contributed by atoms with van der Waals surface area (Å²) in [6, 6.07) is 2.50. The Balaban J connectivity index is 2.39. The topological polar surface area (TPSA) is 39.2 Å². The van der Waals surface area contributed by atoms with Crippen LogP contribution in [-0.2, 0) is 0 Å². The van der Waals surface area contributed by atoms with Gasteiger partial charge >= 0.3 is 6.18 Å². The quantitative estimate of drug-likeness (QED) is 0.801. The van der Waals surface area contributed by atoms with E-state index in [0.717, 1.165) is 0 Å². The first kappa shape index (κ1) is 10.1. The van der Waals surface area contributed by atoms with Gasteiger partial charge in [0.25, 0.3) is 0 Å². The van der Waals surface area contributed by atoms with Crippen molar-refractivity contribution in [1.29, 1.82) is 0 Å². The van der Waals surface area contributed by atoms with Crippen molar-refractivity contribution in [3.05, 3.63) is 24.2 Å². The van der Waals surface area contributed by atoms with E-state index in [-0.39, 0.29) is 6.42 Å². The van der Waals surface area contributed by atoms with E-state index in [1.54, 1.807) is 12.1 Å². The van der Waals surface area contributed by atoms with Crippen LogP contribution in [0.25, 0.3) is 0 Å². The lowest BCUT2D eigenvalue weighted by atomic mass is 10.1. The van der Waals surface area contributed by atoms with Gasteiger partial charge in [-0.15, -0.1) is 0 Å². The molecule has 0 saturated heterocycles. The summed E-state index contributed by atoms with van der Waals surface area (Å²) in [5.41, 5.74) is 5.45. The van der Waals surface area contributed by atoms with E-state index in [4.69, 9.17) is 10.2 Å². The third kappa shape index (κ3) is 3.50. The molecule has 5 heteroatoms. The fraction of sp³-hybridized carbons (Fsp3) is 0.500. The Hall–Kier alpha value is -0.970. The summed E-state index contributed by atoms with van der Waals surface area (Å²) in [4.78, 5) is 0. The fourth-order valence-corrected chi connectivity index (χ4v) is 0.964. The number of halogens is 3. The Morgan fingerprint density at radius 1 is 1.46 bits per heavy atom. The first-order valence-electron chi connectivity index (χ1n) is 3.85. The number of furan rings is 1. The summed E-state index contributed by atoms with van der Waals surface area (Å²) in [5, 5.41) is 0. The lowest BCUT2D eigenvalue weighted by Crippen LogP contribution is -2.15. The SMILES string of the molecule is N[C@H](CCC(F)(F)F)c1ccco1. The van der Waals surface area contributed by atoms with Crippen molar-refractivity contribution >= 4 is 0 Å². The maximum atomic E-state index is 11.8. The van der Waals surface area contributed by atoms with E-state index in [0.29, 0.717) is 5.76 Å². The molecule has 0 amide bonds. The average molecular weight is 193 g/mol. The monoisotopic (exact) mass is 193 g/mol. The lowest BCUT2D eigenvalue weighted by molar-refractivity contribution is -0.136. The van der Waals surface area contributed by atoms with Gasteiger partial charge in [0.2, 0.25) is 0 Å². The molecule has 74 valence electrons. The van der Waals surface area contributed by atoms with Crippen molar-refractivity contribution in [3.63, 3.8) is 0 Å². The molecule has 0 radical (unpaired) electrons. The Bertz CT molecular complexity index is 242. The smallest absolute Gasteiger partial charge is 0.389 e. The Labute approximate surface area is 73.5 Å². The van der Waals surface area contributed by atoms with Crippen LogP contribution in [0.5, 0.6) is 0 Å². The summed E-state index contributed by atoms with van der Waals surface area (Å²) in [5.74, 6) is 0.393. The first-order chi connectivity index (χ1) is 5.99. The second kappa shape index (κ2) is 3.83. The maximum absolute atomic E-state index is 11.8. The molecule has 0 aliphatic heterocycles. The molecule has 0 fully saturated rings. The Morgan fingerprint density at radius 3 is 2.62 bits per heavy atom. The van der Waals surface area contributed by atoms with Crippen molar-refractivity contribution in [2.24, 2.45) is 5.73 Å². The molecule has 0 saturated carbocycles. The third-order valence-corrected chi connectivity index (χ3v) is 1.65. The van der Waals surface area contributed by atoms with E-state index in [2.05, 4.69) is 0 Å². The second-order valence-electron chi connectivity index (χ2n) is 2.78. The minimum atomic E-state index is -4.15. The molecule has 0 aliphatic rings. The van der Waals surface area contributed by atoms with E-state index in [1.165, 1.54) is 6.26 Å². The summed E-state index contributed by atoms with van der Waals surface area (Å²) in [6.07, 6.45) is -3.78. The number of rotatable bonds is 3. The molecule has 1 heterocycles. The van der Waals surface area contributed by atoms with Crippen LogP contribution in [0, 0.1) is 0 Å². The maximum Gasteiger partial charge on any atom is 0.389 e. The van der Waals surface area contributed by atoms with Gasteiger partial charge in [-0.2, -0.15) is 13.2 Å². The lowest BCUT2D eigenvalue weighted by Gasteiger charge is -2.10. The molecule has 0 spiro atoms. The molecule has 0 unspecified atom stereocenters. The van der Waals surface area contributed by atoms with Crippen molar-refractivity contribution < 1.29 is 17.6 Å². The van der Waals surface area contributed by atoms with E-state index >= 15 is 0 Å². The summed E-state index contributed by atoms with van der Waals surface area (Å²) >= 11 is 0. The van der Waals surface area contributed by atoms with Gasteiger partial charge in [-0.25, -0.2) is 0 Å². The van der Waals surface area contributed by atoms with Gasteiger partial charge in [-0.05, 0) is 18.6 Å². The van der Waals surface area contributed by atoms with Crippen LogP contribution in [0.1, 0.15) is 24.6 Å². The number of alkyl halides is 3. The molecule has 1 atom stereocenters. The number of hydrogen-bond acceptors (Lipinski definition) is 2. The highest BCUT2D eigenvalue weighted by atomic mass is 19.4. The van der Waals surface area contributed by atoms with Crippen LogP contribution in [0.3, 0.4) is 0 Å². The molecule has 1 aromatic heterocycles. The predicted molar refractivity (Wildman–Crippen MR) is 40.9 cm³/mol. The van der Waals surface area contributed by atoms with Gasteiger partial charge < -0.3 is 10.2 Å². The van der Waals surface area contributed by atoms with Crippen LogP contribution in [0.4, 0.5) is 13.2 Å². The minimum absolute atomic E-state index is 0.142. The van der Waals surface area contributed by atoms with Crippen molar-refractivity contribution in [3.8, 4) is 0 Å². The van der Waals surface area contributed by atoms with Gasteiger partial charge in [0.05, 0.1) is 12.3 Å². The van der Waals surface area contributed by atoms with E-state index < -0.39 is 18.6 Å². The normalized spacial score (nSPS) is 14.5. The molecular weight excluding hydrogens is 183 g/mol. The highest BCUT2D eigenvalue weighted by molar-refractivity contribution is 5.03. The molecule has 13 heavy (non-hydrogen) atoms. The molecule has 1 aromatic rings. The zero-order valence-corrected chi connectivity index (χ0v) is 6.84. The van der Waals surface area contributed by atoms with Crippen LogP contribution < -0.4 is 5.73 Å². The van der Waals surface area contributed by atoms with Crippen molar-refractivity contribution in [2.45, 2.75) is 25.1 Å². The van der Waals surface area contributed by atoms with Gasteiger partial charge in [-0.3, -0.25) is 0 Å². The van der Waals surface area contributed by atoms with Gasteiger partial charge in [0.15, 0.2) is 0 Å². The largest absolute Gasteiger partial charge is 0.468 e. The van der Waals surface area contributed by atoms with E-state index in [1.807, 2.05) is 0 Å². The van der Waals surface area contributed by atoms with Crippen LogP contribution in [0.2, 0.25) is 0 Å². The number of nitrogens with two attached hydrogens (primary N) is 1. The van der Waals surface area contributed by atoms with Crippen molar-refractivity contribution in [1.82, 2.24) is 0 Å². The van der Waals surface area contributed by atoms with Gasteiger partial charge in [-0.1, -0.05) is 0 Å². The molecule has 2 N–H and O–H groups in total. The van der Waals surface area contributed by atoms with Crippen LogP contribution in [0.15, 0.2) is 22.8 Å². The van der Waals surface area contributed by atoms with Gasteiger partial charge in [0.1, 0.15) is 5.76 Å². The Kier molecular flexibility index (Phi) is 2.98. The second-order valence-corrected chi connectivity index (χ2v) is 2.78. The summed E-state index contributed by atoms with van der Waals surface area (Å²) in [6.45, 7) is 0. The molecule has 0 bridgehead atoms. The van der Waals surface area contributed by atoms with Crippen LogP contribution >= 0.6 is 0 Å². The summed E-state index contributed by atoms with van der Waals surface area (Å²) in [7, 11) is 0. The highest BCUT2D eigenvalue weighted by Crippen LogP contribution is 2.26. The average Bonchev–Trinajstić information content (AvgIpc) is 2.50. The molecule has 0 aromatic carbocycles. The minimum Gasteiger partial charge on any atom is -0.468 e. The van der Waals surface area contributed by atoms with E-state index in [9.17, 15) is 13.2 Å². The fourth-order valence-electron chi connectivity index (χ4n) is 0.964. The van der Waals surface area contributed by atoms with Gasteiger partial charge in [0, 0.05) is 6.42 Å². The molecule has 0 aliphatic carbocycles. The predicted octanol–water partition coefficient (Wildman–Crippen LogP) is 2.62. The summed E-state index contributed by atoms with van der Waals surface area (Å²) < 4.78 is 40.2.